The van der Waals surface area contributed by atoms with Gasteiger partial charge in [0.1, 0.15) is 0 Å². The van der Waals surface area contributed by atoms with Gasteiger partial charge < -0.3 is 21.7 Å². The third kappa shape index (κ3) is 2.76. The lowest BCUT2D eigenvalue weighted by Gasteiger charge is -2.19. The van der Waals surface area contributed by atoms with Crippen LogP contribution in [0.5, 0.6) is 0 Å². The molecule has 3 unspecified atom stereocenters. The van der Waals surface area contributed by atoms with Crippen LogP contribution in [-0.4, -0.2) is 35.0 Å². The highest BCUT2D eigenvalue weighted by Gasteiger charge is 2.16. The summed E-state index contributed by atoms with van der Waals surface area (Å²) < 4.78 is 0. The number of nitrogens with two attached hydrogens (primary N) is 2. The van der Waals surface area contributed by atoms with Crippen molar-refractivity contribution in [3.8, 4) is 0 Å². The molecule has 6 N–H and O–H groups in total. The van der Waals surface area contributed by atoms with E-state index < -0.39 is 12.1 Å². The van der Waals surface area contributed by atoms with Crippen molar-refractivity contribution in [1.29, 1.82) is 0 Å². The van der Waals surface area contributed by atoms with Crippen molar-refractivity contribution in [2.24, 2.45) is 11.5 Å². The molecule has 3 atom stereocenters. The molecular formula is C5H14N2O2. The van der Waals surface area contributed by atoms with Crippen molar-refractivity contribution in [1.82, 2.24) is 0 Å². The smallest absolute Gasteiger partial charge is 0.0861 e. The Labute approximate surface area is 54.5 Å². The molecule has 0 aromatic carbocycles. The van der Waals surface area contributed by atoms with E-state index in [1.54, 1.807) is 6.92 Å². The third-order valence-electron chi connectivity index (χ3n) is 1.19. The van der Waals surface area contributed by atoms with Crippen LogP contribution in [0.1, 0.15) is 6.92 Å². The summed E-state index contributed by atoms with van der Waals surface area (Å²) in [5.41, 5.74) is 10.5. The van der Waals surface area contributed by atoms with Crippen LogP contribution < -0.4 is 11.5 Å². The second-order valence-electron chi connectivity index (χ2n) is 2.20. The largest absolute Gasteiger partial charge is 0.395 e. The Kier molecular flexibility index (Phi) is 3.72. The van der Waals surface area contributed by atoms with E-state index in [0.717, 1.165) is 0 Å². The van der Waals surface area contributed by atoms with E-state index in [9.17, 15) is 0 Å². The van der Waals surface area contributed by atoms with Crippen LogP contribution in [0.4, 0.5) is 0 Å². The quantitative estimate of drug-likeness (QED) is 0.359. The van der Waals surface area contributed by atoms with E-state index in [0.29, 0.717) is 0 Å². The minimum Gasteiger partial charge on any atom is -0.395 e. The van der Waals surface area contributed by atoms with Gasteiger partial charge in [0, 0.05) is 6.04 Å². The van der Waals surface area contributed by atoms with Crippen LogP contribution in [0.3, 0.4) is 0 Å². The SMILES string of the molecule is CC(N)C(O)C(N)CO. The Morgan fingerprint density at radius 1 is 1.44 bits per heavy atom. The molecule has 0 amide bonds. The first-order chi connectivity index (χ1) is 4.09. The van der Waals surface area contributed by atoms with Gasteiger partial charge in [-0.3, -0.25) is 0 Å². The zero-order chi connectivity index (χ0) is 7.44. The van der Waals surface area contributed by atoms with Crippen LogP contribution in [0.15, 0.2) is 0 Å². The number of aliphatic hydroxyl groups is 2. The molecule has 0 spiro atoms. The predicted molar refractivity (Wildman–Crippen MR) is 34.7 cm³/mol. The molecular weight excluding hydrogens is 120 g/mol. The van der Waals surface area contributed by atoms with E-state index in [4.69, 9.17) is 21.7 Å². The zero-order valence-corrected chi connectivity index (χ0v) is 5.49. The average Bonchev–Trinajstić information content (AvgIpc) is 1.84. The van der Waals surface area contributed by atoms with Crippen LogP contribution in [-0.2, 0) is 0 Å². The second kappa shape index (κ2) is 3.79. The number of hydrogen-bond acceptors (Lipinski definition) is 4. The lowest BCUT2D eigenvalue weighted by atomic mass is 10.1. The van der Waals surface area contributed by atoms with Crippen molar-refractivity contribution < 1.29 is 10.2 Å². The summed E-state index contributed by atoms with van der Waals surface area (Å²) in [7, 11) is 0. The molecule has 4 nitrogen and oxygen atoms in total. The molecule has 9 heavy (non-hydrogen) atoms. The highest BCUT2D eigenvalue weighted by atomic mass is 16.3. The topological polar surface area (TPSA) is 92.5 Å². The van der Waals surface area contributed by atoms with Gasteiger partial charge in [-0.05, 0) is 6.92 Å². The fraction of sp³-hybridized carbons (Fsp3) is 1.00. The van der Waals surface area contributed by atoms with Gasteiger partial charge in [0.15, 0.2) is 0 Å². The van der Waals surface area contributed by atoms with Gasteiger partial charge in [0.2, 0.25) is 0 Å². The first kappa shape index (κ1) is 8.84. The minimum absolute atomic E-state index is 0.233. The highest BCUT2D eigenvalue weighted by molar-refractivity contribution is 4.77. The molecule has 0 aliphatic heterocycles. The minimum atomic E-state index is -0.810. The Balaban J connectivity index is 3.58. The fourth-order valence-corrected chi connectivity index (χ4v) is 0.498. The molecule has 0 saturated carbocycles. The molecule has 0 radical (unpaired) electrons. The molecule has 0 rings (SSSR count). The first-order valence-corrected chi connectivity index (χ1v) is 2.89. The molecule has 0 heterocycles. The maximum absolute atomic E-state index is 8.98. The summed E-state index contributed by atoms with van der Waals surface area (Å²) in [5.74, 6) is 0. The number of aliphatic hydroxyl groups excluding tert-OH is 2. The second-order valence-corrected chi connectivity index (χ2v) is 2.20. The van der Waals surface area contributed by atoms with Crippen LogP contribution in [0, 0.1) is 0 Å². The van der Waals surface area contributed by atoms with Gasteiger partial charge in [-0.15, -0.1) is 0 Å². The van der Waals surface area contributed by atoms with E-state index in [2.05, 4.69) is 0 Å². The van der Waals surface area contributed by atoms with Gasteiger partial charge in [0.05, 0.1) is 18.8 Å². The summed E-state index contributed by atoms with van der Waals surface area (Å²) >= 11 is 0. The summed E-state index contributed by atoms with van der Waals surface area (Å²) in [6.45, 7) is 1.41. The Morgan fingerprint density at radius 2 is 1.89 bits per heavy atom. The number of rotatable bonds is 3. The van der Waals surface area contributed by atoms with E-state index in [1.807, 2.05) is 0 Å². The van der Waals surface area contributed by atoms with Crippen molar-refractivity contribution >= 4 is 0 Å². The lowest BCUT2D eigenvalue weighted by molar-refractivity contribution is 0.0916. The van der Waals surface area contributed by atoms with E-state index >= 15 is 0 Å². The standard InChI is InChI=1S/C5H14N2O2/c1-3(6)5(9)4(7)2-8/h3-5,8-9H,2,6-7H2,1H3. The summed E-state index contributed by atoms with van der Waals surface area (Å²) in [6.07, 6.45) is -0.810. The van der Waals surface area contributed by atoms with Crippen molar-refractivity contribution in [3.05, 3.63) is 0 Å². The van der Waals surface area contributed by atoms with Gasteiger partial charge in [-0.1, -0.05) is 0 Å². The van der Waals surface area contributed by atoms with E-state index in [1.165, 1.54) is 0 Å². The zero-order valence-electron chi connectivity index (χ0n) is 5.49. The van der Waals surface area contributed by atoms with Crippen molar-refractivity contribution in [3.63, 3.8) is 0 Å². The van der Waals surface area contributed by atoms with Crippen LogP contribution in [0.2, 0.25) is 0 Å². The molecule has 0 bridgehead atoms. The predicted octanol–water partition coefficient (Wildman–Crippen LogP) is -1.99. The third-order valence-corrected chi connectivity index (χ3v) is 1.19. The van der Waals surface area contributed by atoms with Gasteiger partial charge in [0.25, 0.3) is 0 Å². The molecule has 0 aliphatic carbocycles. The Morgan fingerprint density at radius 3 is 2.00 bits per heavy atom. The van der Waals surface area contributed by atoms with Crippen LogP contribution in [0.25, 0.3) is 0 Å². The monoisotopic (exact) mass is 134 g/mol. The van der Waals surface area contributed by atoms with Gasteiger partial charge in [-0.25, -0.2) is 0 Å². The maximum atomic E-state index is 8.98. The number of hydrogen-bond donors (Lipinski definition) is 4. The van der Waals surface area contributed by atoms with E-state index in [-0.39, 0.29) is 12.6 Å². The molecule has 4 heteroatoms. The Hall–Kier alpha value is -0.160. The molecule has 0 aromatic heterocycles. The van der Waals surface area contributed by atoms with Crippen molar-refractivity contribution in [2.45, 2.75) is 25.1 Å². The van der Waals surface area contributed by atoms with Crippen molar-refractivity contribution in [2.75, 3.05) is 6.61 Å². The molecule has 0 aromatic rings. The highest BCUT2D eigenvalue weighted by Crippen LogP contribution is 1.92. The fourth-order valence-electron chi connectivity index (χ4n) is 0.498. The lowest BCUT2D eigenvalue weighted by Crippen LogP contribution is -2.47. The van der Waals surface area contributed by atoms with Gasteiger partial charge in [-0.2, -0.15) is 0 Å². The molecule has 0 fully saturated rings. The summed E-state index contributed by atoms with van der Waals surface area (Å²) in [4.78, 5) is 0. The first-order valence-electron chi connectivity index (χ1n) is 2.89. The summed E-state index contributed by atoms with van der Waals surface area (Å²) in [6, 6.07) is -1.00. The molecule has 56 valence electrons. The maximum Gasteiger partial charge on any atom is 0.0861 e. The molecule has 0 aliphatic rings. The summed E-state index contributed by atoms with van der Waals surface area (Å²) in [5, 5.41) is 17.4. The average molecular weight is 134 g/mol. The normalized spacial score (nSPS) is 21.0. The van der Waals surface area contributed by atoms with Crippen LogP contribution >= 0.6 is 0 Å². The van der Waals surface area contributed by atoms with Gasteiger partial charge >= 0.3 is 0 Å². The Bertz CT molecular complexity index is 77.4. The molecule has 0 saturated heterocycles.